The van der Waals surface area contributed by atoms with Crippen LogP contribution in [0.2, 0.25) is 0 Å². The Labute approximate surface area is 118 Å². The number of rotatable bonds is 2. The fraction of sp³-hybridized carbons (Fsp3) is 0.0667. The Morgan fingerprint density at radius 3 is 2.57 bits per heavy atom. The summed E-state index contributed by atoms with van der Waals surface area (Å²) >= 11 is 0. The Kier molecular flexibility index (Phi) is 3.01. The summed E-state index contributed by atoms with van der Waals surface area (Å²) in [5, 5.41) is 2.43. The van der Waals surface area contributed by atoms with E-state index in [1.54, 1.807) is 13.0 Å². The van der Waals surface area contributed by atoms with Crippen molar-refractivity contribution in [3.63, 3.8) is 0 Å². The van der Waals surface area contributed by atoms with E-state index in [1.165, 1.54) is 24.5 Å². The SMILES string of the molecule is Cc1ccc(Nc2c(F)c(F)c3ccoc3c2N)c(F)c1. The Morgan fingerprint density at radius 1 is 1.10 bits per heavy atom. The normalized spacial score (nSPS) is 11.0. The predicted octanol–water partition coefficient (Wildman–Crippen LogP) is 4.48. The van der Waals surface area contributed by atoms with Gasteiger partial charge in [-0.15, -0.1) is 0 Å². The van der Waals surface area contributed by atoms with Crippen LogP contribution in [0.25, 0.3) is 11.0 Å². The molecule has 3 aromatic rings. The quantitative estimate of drug-likeness (QED) is 0.684. The van der Waals surface area contributed by atoms with Crippen LogP contribution in [0, 0.1) is 24.4 Å². The molecular weight excluding hydrogens is 281 g/mol. The van der Waals surface area contributed by atoms with Gasteiger partial charge >= 0.3 is 0 Å². The Morgan fingerprint density at radius 2 is 1.86 bits per heavy atom. The highest BCUT2D eigenvalue weighted by molar-refractivity contribution is 5.96. The van der Waals surface area contributed by atoms with Gasteiger partial charge in [-0.3, -0.25) is 0 Å². The number of fused-ring (bicyclic) bond motifs is 1. The molecule has 0 bridgehead atoms. The van der Waals surface area contributed by atoms with Crippen molar-refractivity contribution in [2.75, 3.05) is 11.1 Å². The summed E-state index contributed by atoms with van der Waals surface area (Å²) < 4.78 is 46.9. The first-order valence-electron chi connectivity index (χ1n) is 6.16. The van der Waals surface area contributed by atoms with Crippen molar-refractivity contribution < 1.29 is 17.6 Å². The van der Waals surface area contributed by atoms with Crippen molar-refractivity contribution in [2.45, 2.75) is 6.92 Å². The molecule has 1 heterocycles. The zero-order chi connectivity index (χ0) is 15.1. The largest absolute Gasteiger partial charge is 0.462 e. The number of anilines is 3. The molecule has 3 N–H and O–H groups in total. The molecule has 6 heteroatoms. The topological polar surface area (TPSA) is 51.2 Å². The van der Waals surface area contributed by atoms with Crippen LogP contribution in [0.1, 0.15) is 5.56 Å². The van der Waals surface area contributed by atoms with Crippen LogP contribution in [0.4, 0.5) is 30.2 Å². The summed E-state index contributed by atoms with van der Waals surface area (Å²) in [5.41, 5.74) is 6.03. The maximum atomic E-state index is 14.1. The molecule has 0 radical (unpaired) electrons. The number of benzene rings is 2. The molecule has 0 saturated carbocycles. The highest BCUT2D eigenvalue weighted by atomic mass is 19.2. The fourth-order valence-electron chi connectivity index (χ4n) is 2.13. The van der Waals surface area contributed by atoms with E-state index in [-0.39, 0.29) is 28.0 Å². The van der Waals surface area contributed by atoms with Crippen molar-refractivity contribution in [3.05, 3.63) is 53.5 Å². The number of furan rings is 1. The molecule has 0 aliphatic carbocycles. The lowest BCUT2D eigenvalue weighted by Crippen LogP contribution is -2.04. The van der Waals surface area contributed by atoms with E-state index in [4.69, 9.17) is 10.2 Å². The Hall–Kier alpha value is -2.63. The van der Waals surface area contributed by atoms with Crippen LogP contribution >= 0.6 is 0 Å². The second-order valence-electron chi connectivity index (χ2n) is 4.69. The van der Waals surface area contributed by atoms with Gasteiger partial charge in [0.15, 0.2) is 17.2 Å². The van der Waals surface area contributed by atoms with Crippen LogP contribution < -0.4 is 11.1 Å². The van der Waals surface area contributed by atoms with E-state index >= 15 is 0 Å². The third-order valence-corrected chi connectivity index (χ3v) is 3.21. The molecule has 0 saturated heterocycles. The van der Waals surface area contributed by atoms with Gasteiger partial charge in [-0.25, -0.2) is 13.2 Å². The first-order valence-corrected chi connectivity index (χ1v) is 6.16. The predicted molar refractivity (Wildman–Crippen MR) is 75.0 cm³/mol. The molecular formula is C15H11F3N2O. The molecule has 0 aliphatic rings. The molecule has 108 valence electrons. The highest BCUT2D eigenvalue weighted by Gasteiger charge is 2.21. The number of halogens is 3. The van der Waals surface area contributed by atoms with Gasteiger partial charge in [-0.1, -0.05) is 6.07 Å². The molecule has 0 spiro atoms. The van der Waals surface area contributed by atoms with E-state index < -0.39 is 17.5 Å². The minimum Gasteiger partial charge on any atom is -0.462 e. The number of nitrogen functional groups attached to an aromatic ring is 1. The summed E-state index contributed by atoms with van der Waals surface area (Å²) in [6.45, 7) is 1.72. The summed E-state index contributed by atoms with van der Waals surface area (Å²) in [4.78, 5) is 0. The first-order chi connectivity index (χ1) is 9.99. The van der Waals surface area contributed by atoms with E-state index in [0.29, 0.717) is 5.56 Å². The van der Waals surface area contributed by atoms with Crippen LogP contribution in [0.3, 0.4) is 0 Å². The molecule has 0 unspecified atom stereocenters. The smallest absolute Gasteiger partial charge is 0.185 e. The fourth-order valence-corrected chi connectivity index (χ4v) is 2.13. The zero-order valence-corrected chi connectivity index (χ0v) is 11.0. The molecule has 0 amide bonds. The lowest BCUT2D eigenvalue weighted by molar-refractivity contribution is 0.518. The van der Waals surface area contributed by atoms with Gasteiger partial charge in [-0.2, -0.15) is 0 Å². The van der Waals surface area contributed by atoms with E-state index in [2.05, 4.69) is 5.32 Å². The lowest BCUT2D eigenvalue weighted by atomic mass is 10.1. The van der Waals surface area contributed by atoms with Crippen LogP contribution in [0.5, 0.6) is 0 Å². The van der Waals surface area contributed by atoms with Gasteiger partial charge in [0.1, 0.15) is 17.2 Å². The van der Waals surface area contributed by atoms with E-state index in [0.717, 1.165) is 0 Å². The van der Waals surface area contributed by atoms with Crippen LogP contribution in [-0.4, -0.2) is 0 Å². The first kappa shape index (κ1) is 13.4. The number of nitrogens with two attached hydrogens (primary N) is 1. The molecule has 21 heavy (non-hydrogen) atoms. The molecule has 0 atom stereocenters. The van der Waals surface area contributed by atoms with Crippen molar-refractivity contribution in [3.8, 4) is 0 Å². The van der Waals surface area contributed by atoms with Crippen molar-refractivity contribution in [1.82, 2.24) is 0 Å². The van der Waals surface area contributed by atoms with Gasteiger partial charge in [0.25, 0.3) is 0 Å². The number of nitrogens with one attached hydrogen (secondary N) is 1. The molecule has 3 nitrogen and oxygen atoms in total. The molecule has 2 aromatic carbocycles. The molecule has 3 rings (SSSR count). The molecule has 1 aromatic heterocycles. The average molecular weight is 292 g/mol. The van der Waals surface area contributed by atoms with Crippen molar-refractivity contribution >= 4 is 28.0 Å². The maximum Gasteiger partial charge on any atom is 0.185 e. The van der Waals surface area contributed by atoms with Gasteiger partial charge in [0.05, 0.1) is 17.3 Å². The third-order valence-electron chi connectivity index (χ3n) is 3.21. The standard InChI is InChI=1S/C15H11F3N2O/c1-7-2-3-10(9(16)6-7)20-14-12(18)11(17)8-4-5-21-15(8)13(14)19/h2-6,20H,19H2,1H3. The van der Waals surface area contributed by atoms with E-state index in [1.807, 2.05) is 0 Å². The van der Waals surface area contributed by atoms with Crippen LogP contribution in [-0.2, 0) is 0 Å². The molecule has 0 aliphatic heterocycles. The summed E-state index contributed by atoms with van der Waals surface area (Å²) in [6, 6.07) is 5.62. The second kappa shape index (κ2) is 4.73. The second-order valence-corrected chi connectivity index (χ2v) is 4.69. The van der Waals surface area contributed by atoms with Crippen molar-refractivity contribution in [1.29, 1.82) is 0 Å². The lowest BCUT2D eigenvalue weighted by Gasteiger charge is -2.12. The Balaban J connectivity index is 2.16. The van der Waals surface area contributed by atoms with Gasteiger partial charge in [-0.05, 0) is 30.7 Å². The number of hydrogen-bond acceptors (Lipinski definition) is 3. The zero-order valence-electron chi connectivity index (χ0n) is 11.0. The summed E-state index contributed by atoms with van der Waals surface area (Å²) in [5.74, 6) is -2.86. The van der Waals surface area contributed by atoms with Gasteiger partial charge in [0.2, 0.25) is 0 Å². The van der Waals surface area contributed by atoms with Crippen LogP contribution in [0.15, 0.2) is 34.9 Å². The maximum absolute atomic E-state index is 14.1. The monoisotopic (exact) mass is 292 g/mol. The Bertz CT molecular complexity index is 843. The third kappa shape index (κ3) is 2.08. The van der Waals surface area contributed by atoms with Crippen molar-refractivity contribution in [2.24, 2.45) is 0 Å². The summed E-state index contributed by atoms with van der Waals surface area (Å²) in [7, 11) is 0. The van der Waals surface area contributed by atoms with Gasteiger partial charge in [0, 0.05) is 0 Å². The highest BCUT2D eigenvalue weighted by Crippen LogP contribution is 2.37. The van der Waals surface area contributed by atoms with Gasteiger partial charge < -0.3 is 15.5 Å². The minimum absolute atomic E-state index is 0.00324. The number of hydrogen-bond donors (Lipinski definition) is 2. The average Bonchev–Trinajstić information content (AvgIpc) is 2.93. The summed E-state index contributed by atoms with van der Waals surface area (Å²) in [6.07, 6.45) is 1.21. The molecule has 0 fully saturated rings. The minimum atomic E-state index is -1.18. The van der Waals surface area contributed by atoms with E-state index in [9.17, 15) is 13.2 Å². The number of aryl methyl sites for hydroxylation is 1.